The van der Waals surface area contributed by atoms with Crippen LogP contribution in [0.5, 0.6) is 0 Å². The minimum atomic E-state index is 0.631. The molecule has 0 unspecified atom stereocenters. The number of nitrogens with zero attached hydrogens (tertiary/aromatic N) is 2. The molecule has 0 aromatic carbocycles. The highest BCUT2D eigenvalue weighted by Gasteiger charge is 2.05. The quantitative estimate of drug-likeness (QED) is 0.693. The van der Waals surface area contributed by atoms with Crippen molar-refractivity contribution in [1.82, 2.24) is 9.97 Å². The fourth-order valence-corrected chi connectivity index (χ4v) is 1.15. The van der Waals surface area contributed by atoms with Gasteiger partial charge in [0.25, 0.3) is 0 Å². The first-order chi connectivity index (χ1) is 5.81. The second-order valence-corrected chi connectivity index (χ2v) is 2.51. The first-order valence-electron chi connectivity index (χ1n) is 3.71. The normalized spacial score (nSPS) is 10.5. The van der Waals surface area contributed by atoms with Crippen molar-refractivity contribution < 1.29 is 4.42 Å². The molecule has 62 valence electrons. The van der Waals surface area contributed by atoms with Crippen molar-refractivity contribution in [1.29, 1.82) is 0 Å². The third-order valence-electron chi connectivity index (χ3n) is 1.67. The SMILES string of the molecule is CNc1nc(C)nc2occc12. The van der Waals surface area contributed by atoms with Crippen molar-refractivity contribution in [2.24, 2.45) is 0 Å². The summed E-state index contributed by atoms with van der Waals surface area (Å²) < 4.78 is 5.15. The molecular formula is C8H9N3O. The highest BCUT2D eigenvalue weighted by Crippen LogP contribution is 2.19. The fraction of sp³-hybridized carbons (Fsp3) is 0.250. The van der Waals surface area contributed by atoms with Crippen molar-refractivity contribution in [2.45, 2.75) is 6.92 Å². The molecule has 0 saturated heterocycles. The lowest BCUT2D eigenvalue weighted by Gasteiger charge is -1.99. The van der Waals surface area contributed by atoms with Crippen LogP contribution in [0.3, 0.4) is 0 Å². The Hall–Kier alpha value is -1.58. The fourth-order valence-electron chi connectivity index (χ4n) is 1.15. The van der Waals surface area contributed by atoms with Gasteiger partial charge in [-0.2, -0.15) is 4.98 Å². The van der Waals surface area contributed by atoms with Crippen LogP contribution in [0, 0.1) is 6.92 Å². The summed E-state index contributed by atoms with van der Waals surface area (Å²) in [5, 5.41) is 3.91. The van der Waals surface area contributed by atoms with Crippen molar-refractivity contribution in [3.05, 3.63) is 18.2 Å². The monoisotopic (exact) mass is 163 g/mol. The lowest BCUT2D eigenvalue weighted by atomic mass is 10.4. The minimum Gasteiger partial charge on any atom is -0.446 e. The number of aromatic nitrogens is 2. The van der Waals surface area contributed by atoms with E-state index in [0.717, 1.165) is 11.2 Å². The third kappa shape index (κ3) is 0.922. The number of aryl methyl sites for hydroxylation is 1. The predicted molar refractivity (Wildman–Crippen MR) is 46.1 cm³/mol. The number of nitrogens with one attached hydrogen (secondary N) is 1. The molecule has 0 bridgehead atoms. The summed E-state index contributed by atoms with van der Waals surface area (Å²) in [7, 11) is 1.83. The molecule has 0 radical (unpaired) electrons. The van der Waals surface area contributed by atoms with Gasteiger partial charge < -0.3 is 9.73 Å². The van der Waals surface area contributed by atoms with Crippen LogP contribution in [0.4, 0.5) is 5.82 Å². The summed E-state index contributed by atoms with van der Waals surface area (Å²) in [4.78, 5) is 8.34. The Bertz CT molecular complexity index is 408. The molecule has 2 aromatic heterocycles. The van der Waals surface area contributed by atoms with Crippen LogP contribution in [0.2, 0.25) is 0 Å². The Morgan fingerprint density at radius 1 is 1.42 bits per heavy atom. The average molecular weight is 163 g/mol. The molecule has 2 heterocycles. The molecule has 12 heavy (non-hydrogen) atoms. The third-order valence-corrected chi connectivity index (χ3v) is 1.67. The van der Waals surface area contributed by atoms with E-state index in [1.165, 1.54) is 0 Å². The van der Waals surface area contributed by atoms with E-state index < -0.39 is 0 Å². The van der Waals surface area contributed by atoms with Gasteiger partial charge >= 0.3 is 0 Å². The van der Waals surface area contributed by atoms with Crippen molar-refractivity contribution in [2.75, 3.05) is 12.4 Å². The lowest BCUT2D eigenvalue weighted by molar-refractivity contribution is 0.601. The van der Waals surface area contributed by atoms with Crippen molar-refractivity contribution in [3.8, 4) is 0 Å². The highest BCUT2D eigenvalue weighted by molar-refractivity contribution is 5.85. The summed E-state index contributed by atoms with van der Waals surface area (Å²) in [5.74, 6) is 1.52. The Morgan fingerprint density at radius 3 is 3.00 bits per heavy atom. The zero-order valence-corrected chi connectivity index (χ0v) is 6.96. The maximum Gasteiger partial charge on any atom is 0.231 e. The van der Waals surface area contributed by atoms with E-state index in [1.54, 1.807) is 6.26 Å². The zero-order valence-electron chi connectivity index (χ0n) is 6.96. The van der Waals surface area contributed by atoms with Crippen molar-refractivity contribution >= 4 is 16.9 Å². The van der Waals surface area contributed by atoms with Gasteiger partial charge in [0, 0.05) is 7.05 Å². The standard InChI is InChI=1S/C8H9N3O/c1-5-10-7(9-2)6-3-4-12-8(6)11-5/h3-4H,1-2H3,(H,9,10,11). The summed E-state index contributed by atoms with van der Waals surface area (Å²) in [5.41, 5.74) is 0.631. The van der Waals surface area contributed by atoms with Crippen LogP contribution in [-0.4, -0.2) is 17.0 Å². The second-order valence-electron chi connectivity index (χ2n) is 2.51. The first-order valence-corrected chi connectivity index (χ1v) is 3.71. The number of fused-ring (bicyclic) bond motifs is 1. The summed E-state index contributed by atoms with van der Waals surface area (Å²) in [6.07, 6.45) is 1.61. The van der Waals surface area contributed by atoms with E-state index >= 15 is 0 Å². The lowest BCUT2D eigenvalue weighted by Crippen LogP contribution is -1.96. The second kappa shape index (κ2) is 2.48. The molecular weight excluding hydrogens is 154 g/mol. The van der Waals surface area contributed by atoms with E-state index in [4.69, 9.17) is 4.42 Å². The molecule has 4 nitrogen and oxygen atoms in total. The average Bonchev–Trinajstić information content (AvgIpc) is 2.50. The van der Waals surface area contributed by atoms with E-state index in [9.17, 15) is 0 Å². The van der Waals surface area contributed by atoms with Crippen molar-refractivity contribution in [3.63, 3.8) is 0 Å². The zero-order chi connectivity index (χ0) is 8.55. The Morgan fingerprint density at radius 2 is 2.25 bits per heavy atom. The Labute approximate surface area is 69.6 Å². The van der Waals surface area contributed by atoms with E-state index in [-0.39, 0.29) is 0 Å². The van der Waals surface area contributed by atoms with Gasteiger partial charge in [0.2, 0.25) is 5.71 Å². The molecule has 1 N–H and O–H groups in total. The number of anilines is 1. The predicted octanol–water partition coefficient (Wildman–Crippen LogP) is 1.57. The van der Waals surface area contributed by atoms with Gasteiger partial charge in [-0.25, -0.2) is 4.98 Å². The van der Waals surface area contributed by atoms with Gasteiger partial charge in [-0.1, -0.05) is 0 Å². The molecule has 0 amide bonds. The van der Waals surface area contributed by atoms with Crippen LogP contribution in [0.15, 0.2) is 16.7 Å². The van der Waals surface area contributed by atoms with Crippen LogP contribution in [-0.2, 0) is 0 Å². The molecule has 4 heteroatoms. The smallest absolute Gasteiger partial charge is 0.231 e. The van der Waals surface area contributed by atoms with E-state index in [1.807, 2.05) is 20.0 Å². The van der Waals surface area contributed by atoms with Crippen LogP contribution < -0.4 is 5.32 Å². The number of furan rings is 1. The number of hydrogen-bond donors (Lipinski definition) is 1. The van der Waals surface area contributed by atoms with Gasteiger partial charge in [-0.3, -0.25) is 0 Å². The van der Waals surface area contributed by atoms with Gasteiger partial charge in [-0.15, -0.1) is 0 Å². The summed E-state index contributed by atoms with van der Waals surface area (Å²) in [6, 6.07) is 1.85. The van der Waals surface area contributed by atoms with Gasteiger partial charge in [-0.05, 0) is 13.0 Å². The van der Waals surface area contributed by atoms with Crippen LogP contribution >= 0.6 is 0 Å². The van der Waals surface area contributed by atoms with Gasteiger partial charge in [0.1, 0.15) is 11.6 Å². The van der Waals surface area contributed by atoms with Gasteiger partial charge in [0.05, 0.1) is 11.6 Å². The van der Waals surface area contributed by atoms with Crippen LogP contribution in [0.25, 0.3) is 11.1 Å². The minimum absolute atomic E-state index is 0.631. The maximum atomic E-state index is 5.15. The summed E-state index contributed by atoms with van der Waals surface area (Å²) in [6.45, 7) is 1.84. The maximum absolute atomic E-state index is 5.15. The molecule has 0 aliphatic heterocycles. The molecule has 2 rings (SSSR count). The molecule has 0 aliphatic rings. The molecule has 2 aromatic rings. The molecule has 0 aliphatic carbocycles. The molecule has 0 atom stereocenters. The first kappa shape index (κ1) is 7.09. The largest absolute Gasteiger partial charge is 0.446 e. The van der Waals surface area contributed by atoms with E-state index in [2.05, 4.69) is 15.3 Å². The van der Waals surface area contributed by atoms with Gasteiger partial charge in [0.15, 0.2) is 0 Å². The van der Waals surface area contributed by atoms with E-state index in [0.29, 0.717) is 11.5 Å². The Kier molecular flexibility index (Phi) is 1.46. The molecule has 0 saturated carbocycles. The molecule has 0 spiro atoms. The summed E-state index contributed by atoms with van der Waals surface area (Å²) >= 11 is 0. The van der Waals surface area contributed by atoms with Crippen LogP contribution in [0.1, 0.15) is 5.82 Å². The number of hydrogen-bond acceptors (Lipinski definition) is 4. The Balaban J connectivity index is 2.80. The number of rotatable bonds is 1. The topological polar surface area (TPSA) is 51.0 Å². The highest BCUT2D eigenvalue weighted by atomic mass is 16.3. The molecule has 0 fully saturated rings.